The normalized spacial score (nSPS) is 11.0. The number of esters is 2. The van der Waals surface area contributed by atoms with Gasteiger partial charge in [0.25, 0.3) is 0 Å². The Bertz CT molecular complexity index is 229. The predicted octanol–water partition coefficient (Wildman–Crippen LogP) is -1.80. The Hall–Kier alpha value is -1.22. The van der Waals surface area contributed by atoms with Gasteiger partial charge in [-0.3, -0.25) is 9.59 Å². The van der Waals surface area contributed by atoms with Crippen molar-refractivity contribution in [2.24, 2.45) is 0 Å². The van der Waals surface area contributed by atoms with Crippen LogP contribution in [0.4, 0.5) is 0 Å². The largest absolute Gasteiger partial charge is 0.462 e. The fourth-order valence-electron chi connectivity index (χ4n) is 0.782. The molecule has 8 nitrogen and oxygen atoms in total. The van der Waals surface area contributed by atoms with E-state index in [1.54, 1.807) is 6.92 Å². The molecule has 0 aromatic rings. The quantitative estimate of drug-likeness (QED) is 0.383. The smallest absolute Gasteiger partial charge is 0.308 e. The van der Waals surface area contributed by atoms with E-state index in [0.717, 1.165) is 0 Å². The van der Waals surface area contributed by atoms with Gasteiger partial charge < -0.3 is 29.9 Å². The van der Waals surface area contributed by atoms with Crippen molar-refractivity contribution in [1.29, 1.82) is 0 Å². The highest BCUT2D eigenvalue weighted by atomic mass is 16.6. The van der Waals surface area contributed by atoms with E-state index >= 15 is 0 Å². The summed E-state index contributed by atoms with van der Waals surface area (Å²) >= 11 is 0. The van der Waals surface area contributed by atoms with E-state index in [0.29, 0.717) is 0 Å². The molecule has 0 rings (SSSR count). The van der Waals surface area contributed by atoms with Gasteiger partial charge in [0.05, 0.1) is 39.3 Å². The Balaban J connectivity index is 0. The average molecular weight is 282 g/mol. The molecular weight excluding hydrogens is 260 g/mol. The minimum Gasteiger partial charge on any atom is -0.462 e. The summed E-state index contributed by atoms with van der Waals surface area (Å²) in [7, 11) is 0. The summed E-state index contributed by atoms with van der Waals surface area (Å²) in [6, 6.07) is 0. The molecule has 0 spiro atoms. The first-order chi connectivity index (χ1) is 9.01. The molecule has 0 heterocycles. The van der Waals surface area contributed by atoms with Gasteiger partial charge in [0.15, 0.2) is 0 Å². The molecule has 0 radical (unpaired) electrons. The number of aliphatic hydroxyl groups excluding tert-OH is 4. The minimum atomic E-state index is -0.549. The fourth-order valence-corrected chi connectivity index (χ4v) is 0.782. The zero-order chi connectivity index (χ0) is 15.1. The van der Waals surface area contributed by atoms with Crippen molar-refractivity contribution in [3.05, 3.63) is 0 Å². The van der Waals surface area contributed by atoms with Crippen LogP contribution < -0.4 is 0 Å². The average Bonchev–Trinajstić information content (AvgIpc) is 2.37. The molecule has 1 unspecified atom stereocenters. The maximum atomic E-state index is 10.9. The molecule has 0 aliphatic rings. The highest BCUT2D eigenvalue weighted by molar-refractivity contribution is 5.70. The van der Waals surface area contributed by atoms with Crippen LogP contribution in [0.5, 0.6) is 0 Å². The van der Waals surface area contributed by atoms with Crippen molar-refractivity contribution in [3.8, 4) is 0 Å². The monoisotopic (exact) mass is 282 g/mol. The van der Waals surface area contributed by atoms with Crippen molar-refractivity contribution in [3.63, 3.8) is 0 Å². The molecule has 19 heavy (non-hydrogen) atoms. The Morgan fingerprint density at radius 2 is 1.37 bits per heavy atom. The van der Waals surface area contributed by atoms with E-state index in [9.17, 15) is 9.59 Å². The van der Waals surface area contributed by atoms with E-state index in [-0.39, 0.29) is 45.9 Å². The standard InChI is InChI=1S/C9H16O6.C2H6O2/c1-7(15-9(13)3-5-11)6-14-8(12)2-4-10;3-1-2-4/h7,10-11H,2-6H2,1H3;3-4H,1-2H2. The van der Waals surface area contributed by atoms with Crippen LogP contribution in [-0.4, -0.2) is 71.5 Å². The third-order valence-corrected chi connectivity index (χ3v) is 1.54. The summed E-state index contributed by atoms with van der Waals surface area (Å²) in [5.74, 6) is -1.08. The van der Waals surface area contributed by atoms with Gasteiger partial charge in [0, 0.05) is 0 Å². The number of carbonyl (C=O) groups is 2. The van der Waals surface area contributed by atoms with Gasteiger partial charge in [0.2, 0.25) is 0 Å². The molecule has 0 aromatic carbocycles. The van der Waals surface area contributed by atoms with Crippen LogP contribution in [0.25, 0.3) is 0 Å². The second kappa shape index (κ2) is 14.8. The maximum absolute atomic E-state index is 10.9. The topological polar surface area (TPSA) is 134 Å². The summed E-state index contributed by atoms with van der Waals surface area (Å²) in [5, 5.41) is 32.1. The number of hydrogen-bond donors (Lipinski definition) is 4. The Morgan fingerprint density at radius 3 is 1.79 bits per heavy atom. The molecule has 1 atom stereocenters. The first kappa shape index (κ1) is 20.1. The van der Waals surface area contributed by atoms with Crippen LogP contribution in [0.15, 0.2) is 0 Å². The summed E-state index contributed by atoms with van der Waals surface area (Å²) in [6.07, 6.45) is -0.696. The van der Waals surface area contributed by atoms with E-state index < -0.39 is 18.0 Å². The molecule has 0 fully saturated rings. The van der Waals surface area contributed by atoms with E-state index in [1.165, 1.54) is 0 Å². The number of ether oxygens (including phenoxy) is 2. The van der Waals surface area contributed by atoms with Gasteiger partial charge in [-0.05, 0) is 6.92 Å². The zero-order valence-corrected chi connectivity index (χ0v) is 10.9. The van der Waals surface area contributed by atoms with E-state index in [4.69, 9.17) is 25.2 Å². The van der Waals surface area contributed by atoms with E-state index in [1.807, 2.05) is 0 Å². The van der Waals surface area contributed by atoms with E-state index in [2.05, 4.69) is 4.74 Å². The van der Waals surface area contributed by atoms with Crippen LogP contribution in [0.2, 0.25) is 0 Å². The zero-order valence-electron chi connectivity index (χ0n) is 10.9. The van der Waals surface area contributed by atoms with Gasteiger partial charge in [-0.15, -0.1) is 0 Å². The summed E-state index contributed by atoms with van der Waals surface area (Å²) in [5.41, 5.74) is 0. The van der Waals surface area contributed by atoms with Gasteiger partial charge in [0.1, 0.15) is 12.7 Å². The van der Waals surface area contributed by atoms with Gasteiger partial charge in [-0.1, -0.05) is 0 Å². The molecule has 0 saturated heterocycles. The number of hydrogen-bond acceptors (Lipinski definition) is 8. The molecule has 0 bridgehead atoms. The summed E-state index contributed by atoms with van der Waals surface area (Å²) in [4.78, 5) is 21.7. The highest BCUT2D eigenvalue weighted by Gasteiger charge is 2.11. The van der Waals surface area contributed by atoms with Crippen LogP contribution in [0.1, 0.15) is 19.8 Å². The molecule has 0 aliphatic carbocycles. The molecule has 0 amide bonds. The number of carbonyl (C=O) groups excluding carboxylic acids is 2. The lowest BCUT2D eigenvalue weighted by Gasteiger charge is -2.12. The molecule has 114 valence electrons. The van der Waals surface area contributed by atoms with Crippen molar-refractivity contribution in [2.45, 2.75) is 25.9 Å². The Morgan fingerprint density at radius 1 is 0.895 bits per heavy atom. The predicted molar refractivity (Wildman–Crippen MR) is 64.1 cm³/mol. The first-order valence-corrected chi connectivity index (χ1v) is 5.80. The second-order valence-electron chi connectivity index (χ2n) is 3.38. The number of aliphatic hydroxyl groups is 4. The van der Waals surface area contributed by atoms with Gasteiger partial charge in [-0.2, -0.15) is 0 Å². The number of rotatable bonds is 8. The van der Waals surface area contributed by atoms with Crippen LogP contribution in [0.3, 0.4) is 0 Å². The third kappa shape index (κ3) is 16.8. The fraction of sp³-hybridized carbons (Fsp3) is 0.818. The van der Waals surface area contributed by atoms with Crippen LogP contribution >= 0.6 is 0 Å². The second-order valence-corrected chi connectivity index (χ2v) is 3.38. The Kier molecular flexibility index (Phi) is 15.7. The van der Waals surface area contributed by atoms with Gasteiger partial charge in [-0.25, -0.2) is 0 Å². The molecule has 0 aromatic heterocycles. The lowest BCUT2D eigenvalue weighted by molar-refractivity contribution is -0.158. The third-order valence-electron chi connectivity index (χ3n) is 1.54. The summed E-state index contributed by atoms with van der Waals surface area (Å²) in [6.45, 7) is 0.741. The SMILES string of the molecule is CC(COC(=O)CCO)OC(=O)CCO.OCCO. The lowest BCUT2D eigenvalue weighted by atomic mass is 10.4. The Labute approximate surface area is 111 Å². The molecule has 0 aliphatic heterocycles. The van der Waals surface area contributed by atoms with Crippen molar-refractivity contribution in [1.82, 2.24) is 0 Å². The maximum Gasteiger partial charge on any atom is 0.308 e. The molecule has 4 N–H and O–H groups in total. The first-order valence-electron chi connectivity index (χ1n) is 5.80. The molecular formula is C11H22O8. The van der Waals surface area contributed by atoms with Crippen molar-refractivity contribution in [2.75, 3.05) is 33.0 Å². The minimum absolute atomic E-state index is 0.0456. The lowest BCUT2D eigenvalue weighted by Crippen LogP contribution is -2.23. The highest BCUT2D eigenvalue weighted by Crippen LogP contribution is 1.96. The van der Waals surface area contributed by atoms with Crippen molar-refractivity contribution < 1.29 is 39.5 Å². The molecule has 8 heteroatoms. The molecule has 0 saturated carbocycles. The van der Waals surface area contributed by atoms with Crippen molar-refractivity contribution >= 4 is 11.9 Å². The van der Waals surface area contributed by atoms with Crippen LogP contribution in [0, 0.1) is 0 Å². The van der Waals surface area contributed by atoms with Gasteiger partial charge >= 0.3 is 11.9 Å². The van der Waals surface area contributed by atoms with Crippen LogP contribution in [-0.2, 0) is 19.1 Å². The summed E-state index contributed by atoms with van der Waals surface area (Å²) < 4.78 is 9.47.